The Morgan fingerprint density at radius 3 is 2.95 bits per heavy atom. The Hall–Kier alpha value is -0.510. The van der Waals surface area contributed by atoms with E-state index in [1.165, 1.54) is 36.1 Å². The van der Waals surface area contributed by atoms with E-state index in [2.05, 4.69) is 43.4 Å². The molecule has 3 heteroatoms. The molecule has 112 valence electrons. The molecule has 1 aliphatic heterocycles. The second-order valence-corrected chi connectivity index (χ2v) is 6.61. The molecule has 2 nitrogen and oxygen atoms in total. The first-order valence-corrected chi connectivity index (χ1v) is 8.81. The van der Waals surface area contributed by atoms with Gasteiger partial charge in [0.1, 0.15) is 0 Å². The zero-order valence-electron chi connectivity index (χ0n) is 12.7. The van der Waals surface area contributed by atoms with Gasteiger partial charge < -0.3 is 10.1 Å². The van der Waals surface area contributed by atoms with Crippen LogP contribution in [-0.2, 0) is 4.74 Å². The van der Waals surface area contributed by atoms with Crippen LogP contribution in [0.1, 0.15) is 38.2 Å². The van der Waals surface area contributed by atoms with Crippen LogP contribution in [0, 0.1) is 6.92 Å². The van der Waals surface area contributed by atoms with Gasteiger partial charge in [0.25, 0.3) is 0 Å². The third-order valence-corrected chi connectivity index (χ3v) is 5.23. The lowest BCUT2D eigenvalue weighted by molar-refractivity contribution is 0.100. The van der Waals surface area contributed by atoms with Gasteiger partial charge in [-0.05, 0) is 50.8 Å². The van der Waals surface area contributed by atoms with Crippen LogP contribution in [0.5, 0.6) is 0 Å². The molecule has 0 aromatic heterocycles. The van der Waals surface area contributed by atoms with E-state index in [9.17, 15) is 0 Å². The summed E-state index contributed by atoms with van der Waals surface area (Å²) in [5.41, 5.74) is 1.38. The third kappa shape index (κ3) is 5.12. The lowest BCUT2D eigenvalue weighted by atomic mass is 10.1. The molecule has 0 spiro atoms. The maximum absolute atomic E-state index is 5.73. The SMILES string of the molecule is CCNC(CCC1CCCO1)CSc1ccccc1C. The lowest BCUT2D eigenvalue weighted by Crippen LogP contribution is -2.32. The highest BCUT2D eigenvalue weighted by molar-refractivity contribution is 7.99. The Bertz CT molecular complexity index is 390. The van der Waals surface area contributed by atoms with Gasteiger partial charge in [-0.1, -0.05) is 25.1 Å². The van der Waals surface area contributed by atoms with E-state index < -0.39 is 0 Å². The van der Waals surface area contributed by atoms with Crippen LogP contribution in [0.25, 0.3) is 0 Å². The number of ether oxygens (including phenoxy) is 1. The molecule has 1 aliphatic rings. The van der Waals surface area contributed by atoms with Crippen molar-refractivity contribution in [3.63, 3.8) is 0 Å². The smallest absolute Gasteiger partial charge is 0.0576 e. The quantitative estimate of drug-likeness (QED) is 0.731. The predicted octanol–water partition coefficient (Wildman–Crippen LogP) is 4.02. The molecule has 1 heterocycles. The minimum absolute atomic E-state index is 0.514. The van der Waals surface area contributed by atoms with Crippen LogP contribution in [0.2, 0.25) is 0 Å². The van der Waals surface area contributed by atoms with E-state index >= 15 is 0 Å². The van der Waals surface area contributed by atoms with Crippen LogP contribution in [0.3, 0.4) is 0 Å². The van der Waals surface area contributed by atoms with Crippen molar-refractivity contribution in [2.75, 3.05) is 18.9 Å². The summed E-state index contributed by atoms with van der Waals surface area (Å²) in [6.45, 7) is 6.40. The van der Waals surface area contributed by atoms with Crippen molar-refractivity contribution < 1.29 is 4.74 Å². The largest absolute Gasteiger partial charge is 0.378 e. The van der Waals surface area contributed by atoms with Crippen molar-refractivity contribution in [2.45, 2.75) is 56.6 Å². The molecule has 0 bridgehead atoms. The Kier molecular flexibility index (Phi) is 6.91. The van der Waals surface area contributed by atoms with Gasteiger partial charge in [0, 0.05) is 23.3 Å². The van der Waals surface area contributed by atoms with Crippen molar-refractivity contribution in [1.82, 2.24) is 5.32 Å². The summed E-state index contributed by atoms with van der Waals surface area (Å²) in [5.74, 6) is 1.14. The highest BCUT2D eigenvalue weighted by Crippen LogP contribution is 2.24. The summed E-state index contributed by atoms with van der Waals surface area (Å²) in [6.07, 6.45) is 5.43. The molecule has 2 atom stereocenters. The van der Waals surface area contributed by atoms with Gasteiger partial charge >= 0.3 is 0 Å². The molecule has 1 fully saturated rings. The summed E-state index contributed by atoms with van der Waals surface area (Å²) in [4.78, 5) is 1.41. The molecule has 1 aromatic carbocycles. The van der Waals surface area contributed by atoms with Gasteiger partial charge in [-0.25, -0.2) is 0 Å². The van der Waals surface area contributed by atoms with Crippen molar-refractivity contribution in [3.05, 3.63) is 29.8 Å². The molecule has 1 N–H and O–H groups in total. The first kappa shape index (κ1) is 15.9. The van der Waals surface area contributed by atoms with Gasteiger partial charge in [0.2, 0.25) is 0 Å². The predicted molar refractivity (Wildman–Crippen MR) is 87.6 cm³/mol. The molecule has 2 unspecified atom stereocenters. The van der Waals surface area contributed by atoms with E-state index in [0.29, 0.717) is 12.1 Å². The number of benzene rings is 1. The molecule has 0 radical (unpaired) electrons. The van der Waals surface area contributed by atoms with Crippen LogP contribution in [0.15, 0.2) is 29.2 Å². The van der Waals surface area contributed by atoms with E-state index in [1.54, 1.807) is 0 Å². The number of nitrogens with one attached hydrogen (secondary N) is 1. The molecule has 0 saturated carbocycles. The fraction of sp³-hybridized carbons (Fsp3) is 0.647. The second kappa shape index (κ2) is 8.71. The summed E-state index contributed by atoms with van der Waals surface area (Å²) in [7, 11) is 0. The molecule has 0 aliphatic carbocycles. The second-order valence-electron chi connectivity index (χ2n) is 5.54. The number of rotatable bonds is 8. The fourth-order valence-corrected chi connectivity index (χ4v) is 3.84. The summed E-state index contributed by atoms with van der Waals surface area (Å²) in [5, 5.41) is 3.62. The number of aryl methyl sites for hydroxylation is 1. The highest BCUT2D eigenvalue weighted by atomic mass is 32.2. The molecular formula is C17H27NOS. The Morgan fingerprint density at radius 1 is 1.40 bits per heavy atom. The van der Waals surface area contributed by atoms with Crippen LogP contribution in [-0.4, -0.2) is 31.1 Å². The standard InChI is InChI=1S/C17H27NOS/c1-3-18-15(10-11-16-8-6-12-19-16)13-20-17-9-5-4-7-14(17)2/h4-5,7,9,15-16,18H,3,6,8,10-13H2,1-2H3. The normalized spacial score (nSPS) is 20.2. The van der Waals surface area contributed by atoms with Gasteiger partial charge in [0.15, 0.2) is 0 Å². The van der Waals surface area contributed by atoms with E-state index in [-0.39, 0.29) is 0 Å². The molecule has 2 rings (SSSR count). The zero-order valence-corrected chi connectivity index (χ0v) is 13.5. The average Bonchev–Trinajstić information content (AvgIpc) is 2.97. The molecule has 20 heavy (non-hydrogen) atoms. The minimum Gasteiger partial charge on any atom is -0.378 e. The van der Waals surface area contributed by atoms with Crippen molar-refractivity contribution >= 4 is 11.8 Å². The van der Waals surface area contributed by atoms with Crippen LogP contribution in [0.4, 0.5) is 0 Å². The number of thioether (sulfide) groups is 1. The van der Waals surface area contributed by atoms with Gasteiger partial charge in [-0.3, -0.25) is 0 Å². The first-order valence-electron chi connectivity index (χ1n) is 7.83. The van der Waals surface area contributed by atoms with E-state index in [1.807, 2.05) is 11.8 Å². The van der Waals surface area contributed by atoms with Crippen LogP contribution >= 0.6 is 11.8 Å². The van der Waals surface area contributed by atoms with Gasteiger partial charge in [-0.15, -0.1) is 11.8 Å². The third-order valence-electron chi connectivity index (χ3n) is 3.89. The molecule has 0 amide bonds. The monoisotopic (exact) mass is 293 g/mol. The lowest BCUT2D eigenvalue weighted by Gasteiger charge is -2.19. The minimum atomic E-state index is 0.514. The summed E-state index contributed by atoms with van der Waals surface area (Å²) in [6, 6.07) is 9.25. The fourth-order valence-electron chi connectivity index (χ4n) is 2.70. The summed E-state index contributed by atoms with van der Waals surface area (Å²) < 4.78 is 5.73. The van der Waals surface area contributed by atoms with Gasteiger partial charge in [0.05, 0.1) is 6.10 Å². The van der Waals surface area contributed by atoms with E-state index in [4.69, 9.17) is 4.74 Å². The number of hydrogen-bond donors (Lipinski definition) is 1. The Labute approximate surface area is 127 Å². The topological polar surface area (TPSA) is 21.3 Å². The van der Waals surface area contributed by atoms with Crippen molar-refractivity contribution in [1.29, 1.82) is 0 Å². The average molecular weight is 293 g/mol. The first-order chi connectivity index (χ1) is 9.79. The molecule has 1 saturated heterocycles. The number of hydrogen-bond acceptors (Lipinski definition) is 3. The zero-order chi connectivity index (χ0) is 14.2. The van der Waals surface area contributed by atoms with E-state index in [0.717, 1.165) is 18.9 Å². The van der Waals surface area contributed by atoms with Gasteiger partial charge in [-0.2, -0.15) is 0 Å². The molecule has 1 aromatic rings. The maximum atomic E-state index is 5.73. The van der Waals surface area contributed by atoms with Crippen molar-refractivity contribution in [3.8, 4) is 0 Å². The van der Waals surface area contributed by atoms with Crippen LogP contribution < -0.4 is 5.32 Å². The Morgan fingerprint density at radius 2 is 2.25 bits per heavy atom. The highest BCUT2D eigenvalue weighted by Gasteiger charge is 2.17. The molecular weight excluding hydrogens is 266 g/mol. The van der Waals surface area contributed by atoms with Crippen molar-refractivity contribution in [2.24, 2.45) is 0 Å². The Balaban J connectivity index is 1.77. The summed E-state index contributed by atoms with van der Waals surface area (Å²) >= 11 is 1.97. The maximum Gasteiger partial charge on any atom is 0.0576 e.